The standard InChI is InChI=1S/C14H18FNO4/c1-8-4-9(2)13(10(3)5-8)20-7-12(17)16-11(6-15)14(18)19/h4-5,11H,6-7H2,1-3H3,(H,16,17)(H,18,19). The quantitative estimate of drug-likeness (QED) is 0.830. The predicted octanol–water partition coefficient (Wildman–Crippen LogP) is 1.53. The maximum Gasteiger partial charge on any atom is 0.328 e. The molecule has 0 heterocycles. The molecular weight excluding hydrogens is 265 g/mol. The lowest BCUT2D eigenvalue weighted by molar-refractivity contribution is -0.142. The Balaban J connectivity index is 2.64. The first-order chi connectivity index (χ1) is 9.35. The van der Waals surface area contributed by atoms with Gasteiger partial charge in [0.1, 0.15) is 12.4 Å². The predicted molar refractivity (Wildman–Crippen MR) is 71.7 cm³/mol. The van der Waals surface area contributed by atoms with Crippen LogP contribution in [0.3, 0.4) is 0 Å². The van der Waals surface area contributed by atoms with E-state index in [-0.39, 0.29) is 6.61 Å². The molecular formula is C14H18FNO4. The molecule has 0 bridgehead atoms. The Morgan fingerprint density at radius 2 is 1.85 bits per heavy atom. The Hall–Kier alpha value is -2.11. The van der Waals surface area contributed by atoms with Crippen LogP contribution in [0.2, 0.25) is 0 Å². The lowest BCUT2D eigenvalue weighted by Crippen LogP contribution is -2.44. The topological polar surface area (TPSA) is 75.6 Å². The van der Waals surface area contributed by atoms with Gasteiger partial charge in [-0.05, 0) is 31.9 Å². The SMILES string of the molecule is Cc1cc(C)c(OCC(=O)NC(CF)C(=O)O)c(C)c1. The van der Waals surface area contributed by atoms with E-state index in [9.17, 15) is 14.0 Å². The van der Waals surface area contributed by atoms with Crippen LogP contribution in [0, 0.1) is 20.8 Å². The van der Waals surface area contributed by atoms with Crippen LogP contribution in [0.5, 0.6) is 5.75 Å². The molecule has 0 aliphatic rings. The van der Waals surface area contributed by atoms with Gasteiger partial charge in [-0.1, -0.05) is 17.7 Å². The lowest BCUT2D eigenvalue weighted by Gasteiger charge is -2.14. The molecule has 1 atom stereocenters. The molecule has 20 heavy (non-hydrogen) atoms. The molecule has 6 heteroatoms. The van der Waals surface area contributed by atoms with Crippen molar-refractivity contribution < 1.29 is 23.8 Å². The summed E-state index contributed by atoms with van der Waals surface area (Å²) in [5, 5.41) is 10.7. The van der Waals surface area contributed by atoms with Crippen LogP contribution in [-0.2, 0) is 9.59 Å². The molecule has 0 aliphatic carbocycles. The second-order valence-corrected chi connectivity index (χ2v) is 4.63. The monoisotopic (exact) mass is 283 g/mol. The number of carboxylic acid groups (broad SMARTS) is 1. The number of aryl methyl sites for hydroxylation is 3. The minimum absolute atomic E-state index is 0.353. The minimum Gasteiger partial charge on any atom is -0.483 e. The number of aliphatic carboxylic acids is 1. The Morgan fingerprint density at radius 3 is 2.30 bits per heavy atom. The van der Waals surface area contributed by atoms with Crippen molar-refractivity contribution in [3.63, 3.8) is 0 Å². The van der Waals surface area contributed by atoms with Crippen LogP contribution in [-0.4, -0.2) is 36.3 Å². The molecule has 5 nitrogen and oxygen atoms in total. The number of carbonyl (C=O) groups is 2. The maximum atomic E-state index is 12.4. The summed E-state index contributed by atoms with van der Waals surface area (Å²) in [6.07, 6.45) is 0. The Labute approximate surface area is 116 Å². The number of alkyl halides is 1. The number of ether oxygens (including phenoxy) is 1. The molecule has 0 saturated carbocycles. The van der Waals surface area contributed by atoms with E-state index in [1.165, 1.54) is 0 Å². The molecule has 0 aromatic heterocycles. The van der Waals surface area contributed by atoms with Gasteiger partial charge in [-0.2, -0.15) is 0 Å². The van der Waals surface area contributed by atoms with Gasteiger partial charge in [0, 0.05) is 0 Å². The number of hydrogen-bond acceptors (Lipinski definition) is 3. The Morgan fingerprint density at radius 1 is 1.30 bits per heavy atom. The van der Waals surface area contributed by atoms with E-state index in [4.69, 9.17) is 9.84 Å². The van der Waals surface area contributed by atoms with E-state index in [1.54, 1.807) is 0 Å². The number of carbonyl (C=O) groups excluding carboxylic acids is 1. The van der Waals surface area contributed by atoms with Gasteiger partial charge in [-0.15, -0.1) is 0 Å². The summed E-state index contributed by atoms with van der Waals surface area (Å²) in [6, 6.07) is 2.30. The number of carboxylic acids is 1. The van der Waals surface area contributed by atoms with Crippen LogP contribution >= 0.6 is 0 Å². The van der Waals surface area contributed by atoms with E-state index >= 15 is 0 Å². The van der Waals surface area contributed by atoms with E-state index in [2.05, 4.69) is 0 Å². The van der Waals surface area contributed by atoms with Crippen LogP contribution in [0.25, 0.3) is 0 Å². The third-order valence-electron chi connectivity index (χ3n) is 2.74. The van der Waals surface area contributed by atoms with E-state index in [0.29, 0.717) is 5.75 Å². The highest BCUT2D eigenvalue weighted by molar-refractivity contribution is 5.84. The smallest absolute Gasteiger partial charge is 0.328 e. The molecule has 110 valence electrons. The first-order valence-corrected chi connectivity index (χ1v) is 6.14. The average Bonchev–Trinajstić information content (AvgIpc) is 2.34. The van der Waals surface area contributed by atoms with Gasteiger partial charge < -0.3 is 15.2 Å². The number of hydrogen-bond donors (Lipinski definition) is 2. The first kappa shape index (κ1) is 15.9. The zero-order valence-corrected chi connectivity index (χ0v) is 11.7. The van der Waals surface area contributed by atoms with Gasteiger partial charge in [0.2, 0.25) is 0 Å². The summed E-state index contributed by atoms with van der Waals surface area (Å²) >= 11 is 0. The normalized spacial score (nSPS) is 11.8. The molecule has 0 spiro atoms. The number of halogens is 1. The van der Waals surface area contributed by atoms with Crippen molar-refractivity contribution in [2.24, 2.45) is 0 Å². The molecule has 1 unspecified atom stereocenters. The molecule has 0 fully saturated rings. The highest BCUT2D eigenvalue weighted by atomic mass is 19.1. The molecule has 0 saturated heterocycles. The second-order valence-electron chi connectivity index (χ2n) is 4.63. The fourth-order valence-corrected chi connectivity index (χ4v) is 1.93. The molecule has 0 radical (unpaired) electrons. The van der Waals surface area contributed by atoms with Crippen molar-refractivity contribution in [3.05, 3.63) is 28.8 Å². The van der Waals surface area contributed by atoms with Gasteiger partial charge in [0.25, 0.3) is 5.91 Å². The average molecular weight is 283 g/mol. The van der Waals surface area contributed by atoms with Gasteiger partial charge in [0.15, 0.2) is 12.6 Å². The molecule has 1 rings (SSSR count). The maximum absolute atomic E-state index is 12.4. The Kier molecular flexibility index (Phi) is 5.49. The number of rotatable bonds is 6. The summed E-state index contributed by atoms with van der Waals surface area (Å²) in [5.41, 5.74) is 2.85. The zero-order valence-electron chi connectivity index (χ0n) is 11.7. The molecule has 1 aromatic rings. The zero-order chi connectivity index (χ0) is 15.3. The largest absolute Gasteiger partial charge is 0.483 e. The van der Waals surface area contributed by atoms with Crippen molar-refractivity contribution in [1.29, 1.82) is 0 Å². The third-order valence-corrected chi connectivity index (χ3v) is 2.74. The summed E-state index contributed by atoms with van der Waals surface area (Å²) in [5.74, 6) is -1.50. The van der Waals surface area contributed by atoms with E-state index in [0.717, 1.165) is 16.7 Å². The molecule has 1 amide bonds. The highest BCUT2D eigenvalue weighted by Gasteiger charge is 2.20. The number of benzene rings is 1. The van der Waals surface area contributed by atoms with Crippen LogP contribution in [0.4, 0.5) is 4.39 Å². The minimum atomic E-state index is -1.54. The van der Waals surface area contributed by atoms with Crippen molar-refractivity contribution in [2.75, 3.05) is 13.3 Å². The molecule has 0 aliphatic heterocycles. The summed E-state index contributed by atoms with van der Waals surface area (Å²) in [6.45, 7) is 4.15. The van der Waals surface area contributed by atoms with Gasteiger partial charge in [-0.3, -0.25) is 4.79 Å². The van der Waals surface area contributed by atoms with Crippen molar-refractivity contribution in [2.45, 2.75) is 26.8 Å². The van der Waals surface area contributed by atoms with Crippen LogP contribution in [0.1, 0.15) is 16.7 Å². The number of amides is 1. The third kappa shape index (κ3) is 4.22. The van der Waals surface area contributed by atoms with Crippen molar-refractivity contribution in [1.82, 2.24) is 5.32 Å². The van der Waals surface area contributed by atoms with E-state index < -0.39 is 24.6 Å². The Bertz CT molecular complexity index is 493. The molecule has 1 aromatic carbocycles. The lowest BCUT2D eigenvalue weighted by atomic mass is 10.1. The van der Waals surface area contributed by atoms with Gasteiger partial charge >= 0.3 is 5.97 Å². The highest BCUT2D eigenvalue weighted by Crippen LogP contribution is 2.24. The fraction of sp³-hybridized carbons (Fsp3) is 0.429. The first-order valence-electron chi connectivity index (χ1n) is 6.14. The summed E-state index contributed by atoms with van der Waals surface area (Å²) in [4.78, 5) is 22.1. The van der Waals surface area contributed by atoms with Gasteiger partial charge in [-0.25, -0.2) is 9.18 Å². The summed E-state index contributed by atoms with van der Waals surface area (Å²) < 4.78 is 17.8. The van der Waals surface area contributed by atoms with Crippen LogP contribution < -0.4 is 10.1 Å². The fourth-order valence-electron chi connectivity index (χ4n) is 1.93. The summed E-state index contributed by atoms with van der Waals surface area (Å²) in [7, 11) is 0. The van der Waals surface area contributed by atoms with Crippen molar-refractivity contribution in [3.8, 4) is 5.75 Å². The molecule has 2 N–H and O–H groups in total. The van der Waals surface area contributed by atoms with E-state index in [1.807, 2.05) is 38.2 Å². The second kappa shape index (κ2) is 6.88. The van der Waals surface area contributed by atoms with Crippen molar-refractivity contribution >= 4 is 11.9 Å². The van der Waals surface area contributed by atoms with Gasteiger partial charge in [0.05, 0.1) is 0 Å². The number of nitrogens with one attached hydrogen (secondary N) is 1. The van der Waals surface area contributed by atoms with Crippen LogP contribution in [0.15, 0.2) is 12.1 Å².